The van der Waals surface area contributed by atoms with Crippen LogP contribution in [0, 0.1) is 0 Å². The molecule has 0 radical (unpaired) electrons. The molecule has 0 aliphatic carbocycles. The number of Topliss-reactive ketones (excluding diaryl/α,β-unsaturated/α-hetero) is 2. The predicted octanol–water partition coefficient (Wildman–Crippen LogP) is 2.83. The molecule has 8 nitrogen and oxygen atoms in total. The van der Waals surface area contributed by atoms with Gasteiger partial charge in [0.2, 0.25) is 0 Å². The van der Waals surface area contributed by atoms with Crippen LogP contribution in [0.1, 0.15) is 44.9 Å². The molecule has 0 saturated heterocycles. The van der Waals surface area contributed by atoms with Crippen LogP contribution in [0.5, 0.6) is 0 Å². The van der Waals surface area contributed by atoms with Crippen molar-refractivity contribution in [3.05, 3.63) is 95.0 Å². The Balaban J connectivity index is 1.74. The number of carbonyl (C=O) groups is 3. The van der Waals surface area contributed by atoms with Gasteiger partial charge in [-0.25, -0.2) is 4.98 Å². The van der Waals surface area contributed by atoms with Gasteiger partial charge in [-0.05, 0) is 24.6 Å². The minimum atomic E-state index is -0.784. The summed E-state index contributed by atoms with van der Waals surface area (Å²) in [6, 6.07) is 9.00. The molecule has 0 fully saturated rings. The van der Waals surface area contributed by atoms with Gasteiger partial charge in [-0.15, -0.1) is 0 Å². The Bertz CT molecular complexity index is 1150. The number of carbonyl (C=O) groups excluding carboxylic acids is 3. The fourth-order valence-electron chi connectivity index (χ4n) is 3.68. The fraction of sp³-hybridized carbons (Fsp3) is 0.174. The van der Waals surface area contributed by atoms with Gasteiger partial charge in [-0.1, -0.05) is 24.3 Å². The summed E-state index contributed by atoms with van der Waals surface area (Å²) in [6.45, 7) is 1.72. The molecule has 1 aliphatic rings. The second-order valence-electron chi connectivity index (χ2n) is 7.22. The van der Waals surface area contributed by atoms with Crippen LogP contribution in [0.15, 0.2) is 72.6 Å². The Morgan fingerprint density at radius 2 is 1.81 bits per heavy atom. The minimum Gasteiger partial charge on any atom is -0.503 e. The van der Waals surface area contributed by atoms with Crippen LogP contribution in [0.25, 0.3) is 0 Å². The van der Waals surface area contributed by atoms with E-state index in [0.717, 1.165) is 5.69 Å². The summed E-state index contributed by atoms with van der Waals surface area (Å²) in [6.07, 6.45) is 6.68. The largest absolute Gasteiger partial charge is 0.503 e. The Hall–Kier alpha value is -4.07. The smallest absolute Gasteiger partial charge is 0.290 e. The van der Waals surface area contributed by atoms with Crippen LogP contribution in [-0.2, 0) is 11.2 Å². The second kappa shape index (κ2) is 8.35. The quantitative estimate of drug-likeness (QED) is 0.572. The zero-order valence-corrected chi connectivity index (χ0v) is 16.8. The van der Waals surface area contributed by atoms with Crippen LogP contribution in [0.3, 0.4) is 0 Å². The van der Waals surface area contributed by atoms with E-state index in [9.17, 15) is 19.5 Å². The van der Waals surface area contributed by atoms with Crippen molar-refractivity contribution in [2.24, 2.45) is 0 Å². The lowest BCUT2D eigenvalue weighted by molar-refractivity contribution is -0.129. The van der Waals surface area contributed by atoms with Crippen molar-refractivity contribution in [2.45, 2.75) is 19.4 Å². The molecule has 3 aromatic rings. The SMILES string of the molecule is CC(=O)c1ccc(C2C(C(=O)c3ccncc3)=C(O)C(=O)N2CCc2c[nH]cn2)cc1. The molecule has 1 amide bonds. The standard InChI is InChI=1S/C23H20N4O4/c1-14(28)15-2-4-16(5-3-15)20-19(21(29)17-6-9-24-10-7-17)22(30)23(31)27(20)11-8-18-12-25-13-26-18/h2-7,9-10,12-13,20,30H,8,11H2,1H3,(H,25,26). The van der Waals surface area contributed by atoms with Gasteiger partial charge in [0, 0.05) is 42.7 Å². The van der Waals surface area contributed by atoms with Crippen molar-refractivity contribution in [2.75, 3.05) is 6.54 Å². The van der Waals surface area contributed by atoms with Crippen LogP contribution in [0.4, 0.5) is 0 Å². The molecule has 1 atom stereocenters. The normalized spacial score (nSPS) is 16.1. The van der Waals surface area contributed by atoms with Gasteiger partial charge in [-0.3, -0.25) is 19.4 Å². The van der Waals surface area contributed by atoms with E-state index in [1.54, 1.807) is 36.8 Å². The molecule has 31 heavy (non-hydrogen) atoms. The number of hydrogen-bond acceptors (Lipinski definition) is 6. The second-order valence-corrected chi connectivity index (χ2v) is 7.22. The molecular weight excluding hydrogens is 396 g/mol. The zero-order chi connectivity index (χ0) is 22.0. The number of aromatic nitrogens is 3. The zero-order valence-electron chi connectivity index (χ0n) is 16.8. The van der Waals surface area contributed by atoms with Crippen molar-refractivity contribution in [1.29, 1.82) is 0 Å². The van der Waals surface area contributed by atoms with E-state index in [0.29, 0.717) is 23.1 Å². The third-order valence-electron chi connectivity index (χ3n) is 5.29. The summed E-state index contributed by atoms with van der Waals surface area (Å²) in [4.78, 5) is 50.3. The molecule has 8 heteroatoms. The van der Waals surface area contributed by atoms with Gasteiger partial charge < -0.3 is 15.0 Å². The Labute approximate surface area is 178 Å². The number of hydrogen-bond donors (Lipinski definition) is 2. The third kappa shape index (κ3) is 3.87. The number of nitrogens with one attached hydrogen (secondary N) is 1. The molecule has 0 bridgehead atoms. The predicted molar refractivity (Wildman–Crippen MR) is 111 cm³/mol. The topological polar surface area (TPSA) is 116 Å². The average molecular weight is 416 g/mol. The van der Waals surface area contributed by atoms with E-state index >= 15 is 0 Å². The van der Waals surface area contributed by atoms with Gasteiger partial charge in [0.25, 0.3) is 5.91 Å². The van der Waals surface area contributed by atoms with E-state index in [1.165, 1.54) is 36.4 Å². The average Bonchev–Trinajstić information content (AvgIpc) is 3.39. The number of rotatable bonds is 7. The minimum absolute atomic E-state index is 0.00815. The molecular formula is C23H20N4O4. The maximum absolute atomic E-state index is 13.2. The lowest BCUT2D eigenvalue weighted by atomic mass is 9.92. The van der Waals surface area contributed by atoms with Crippen LogP contribution < -0.4 is 0 Å². The molecule has 1 unspecified atom stereocenters. The van der Waals surface area contributed by atoms with Crippen LogP contribution in [-0.4, -0.2) is 49.0 Å². The highest BCUT2D eigenvalue weighted by atomic mass is 16.3. The van der Waals surface area contributed by atoms with Gasteiger partial charge in [0.1, 0.15) is 0 Å². The highest BCUT2D eigenvalue weighted by Gasteiger charge is 2.43. The van der Waals surface area contributed by atoms with E-state index in [-0.39, 0.29) is 17.9 Å². The molecule has 0 spiro atoms. The first-order valence-electron chi connectivity index (χ1n) is 9.74. The number of pyridine rings is 1. The monoisotopic (exact) mass is 416 g/mol. The molecule has 3 heterocycles. The molecule has 1 aliphatic heterocycles. The number of ketones is 2. The number of imidazole rings is 1. The molecule has 4 rings (SSSR count). The van der Waals surface area contributed by atoms with E-state index in [2.05, 4.69) is 15.0 Å². The highest BCUT2D eigenvalue weighted by Crippen LogP contribution is 2.39. The summed E-state index contributed by atoms with van der Waals surface area (Å²) < 4.78 is 0. The summed E-state index contributed by atoms with van der Waals surface area (Å²) in [7, 11) is 0. The highest BCUT2D eigenvalue weighted by molar-refractivity contribution is 6.16. The van der Waals surface area contributed by atoms with Crippen molar-refractivity contribution < 1.29 is 19.5 Å². The molecule has 2 aromatic heterocycles. The van der Waals surface area contributed by atoms with Crippen molar-refractivity contribution in [3.63, 3.8) is 0 Å². The van der Waals surface area contributed by atoms with Crippen LogP contribution in [0.2, 0.25) is 0 Å². The Morgan fingerprint density at radius 1 is 1.10 bits per heavy atom. The number of aliphatic hydroxyl groups excluding tert-OH is 1. The number of benzene rings is 1. The summed E-state index contributed by atoms with van der Waals surface area (Å²) >= 11 is 0. The van der Waals surface area contributed by atoms with E-state index in [4.69, 9.17) is 0 Å². The number of H-pyrrole nitrogens is 1. The maximum atomic E-state index is 13.2. The fourth-order valence-corrected chi connectivity index (χ4v) is 3.68. The first-order chi connectivity index (χ1) is 15.0. The summed E-state index contributed by atoms with van der Waals surface area (Å²) in [5.41, 5.74) is 2.23. The summed E-state index contributed by atoms with van der Waals surface area (Å²) in [5, 5.41) is 10.7. The van der Waals surface area contributed by atoms with Crippen molar-refractivity contribution in [3.8, 4) is 0 Å². The molecule has 156 valence electrons. The van der Waals surface area contributed by atoms with E-state index in [1.807, 2.05) is 0 Å². The first kappa shape index (κ1) is 20.2. The molecule has 2 N–H and O–H groups in total. The van der Waals surface area contributed by atoms with Gasteiger partial charge in [0.05, 0.1) is 23.6 Å². The van der Waals surface area contributed by atoms with Gasteiger partial charge in [-0.2, -0.15) is 0 Å². The third-order valence-corrected chi connectivity index (χ3v) is 5.29. The maximum Gasteiger partial charge on any atom is 0.290 e. The van der Waals surface area contributed by atoms with Crippen LogP contribution >= 0.6 is 0 Å². The number of amides is 1. The Kier molecular flexibility index (Phi) is 5.44. The lowest BCUT2D eigenvalue weighted by Gasteiger charge is -2.26. The molecule has 0 saturated carbocycles. The molecule has 1 aromatic carbocycles. The van der Waals surface area contributed by atoms with Crippen molar-refractivity contribution in [1.82, 2.24) is 19.9 Å². The summed E-state index contributed by atoms with van der Waals surface area (Å²) in [5.74, 6) is -1.72. The number of nitrogens with zero attached hydrogens (tertiary/aromatic N) is 3. The van der Waals surface area contributed by atoms with Gasteiger partial charge in [0.15, 0.2) is 17.3 Å². The first-order valence-corrected chi connectivity index (χ1v) is 9.74. The lowest BCUT2D eigenvalue weighted by Crippen LogP contribution is -2.33. The van der Waals surface area contributed by atoms with E-state index < -0.39 is 23.5 Å². The Morgan fingerprint density at radius 3 is 2.42 bits per heavy atom. The number of aliphatic hydroxyl groups is 1. The number of aromatic amines is 1. The van der Waals surface area contributed by atoms with Crippen molar-refractivity contribution >= 4 is 17.5 Å². The van der Waals surface area contributed by atoms with Gasteiger partial charge >= 0.3 is 0 Å².